The summed E-state index contributed by atoms with van der Waals surface area (Å²) in [5.74, 6) is 2.35. The van der Waals surface area contributed by atoms with Crippen LogP contribution in [0, 0.1) is 0 Å². The van der Waals surface area contributed by atoms with Gasteiger partial charge in [-0.2, -0.15) is 0 Å². The fraction of sp³-hybridized carbons (Fsp3) is 0.353. The van der Waals surface area contributed by atoms with Crippen molar-refractivity contribution in [1.82, 2.24) is 9.80 Å². The molecule has 0 N–H and O–H groups in total. The number of fused-ring (bicyclic) bond motifs is 1. The van der Waals surface area contributed by atoms with Gasteiger partial charge in [-0.1, -0.05) is 6.07 Å². The van der Waals surface area contributed by atoms with Crippen LogP contribution in [0.25, 0.3) is 0 Å². The Morgan fingerprint density at radius 2 is 1.96 bits per heavy atom. The van der Waals surface area contributed by atoms with Crippen molar-refractivity contribution in [3.8, 4) is 11.5 Å². The third-order valence-corrected chi connectivity index (χ3v) is 3.69. The van der Waals surface area contributed by atoms with Gasteiger partial charge in [-0.25, -0.2) is 0 Å². The number of hydrogen-bond donors (Lipinski definition) is 0. The Bertz CT molecular complexity index is 669. The molecular weight excluding hydrogens is 296 g/mol. The lowest BCUT2D eigenvalue weighted by Crippen LogP contribution is -2.35. The number of likely N-dealkylation sites (N-methyl/N-ethyl adjacent to an activating group) is 2. The second-order valence-electron chi connectivity index (χ2n) is 5.69. The summed E-state index contributed by atoms with van der Waals surface area (Å²) in [6.07, 6.45) is 1.61. The maximum atomic E-state index is 12.3. The Kier molecular flexibility index (Phi) is 4.52. The maximum absolute atomic E-state index is 12.3. The van der Waals surface area contributed by atoms with Gasteiger partial charge in [-0.15, -0.1) is 0 Å². The number of carbonyl (C=O) groups is 1. The van der Waals surface area contributed by atoms with Crippen LogP contribution in [0.2, 0.25) is 0 Å². The van der Waals surface area contributed by atoms with Crippen LogP contribution in [0.4, 0.5) is 0 Å². The summed E-state index contributed by atoms with van der Waals surface area (Å²) in [7, 11) is 3.70. The van der Waals surface area contributed by atoms with Gasteiger partial charge in [-0.3, -0.25) is 9.69 Å². The van der Waals surface area contributed by atoms with Gasteiger partial charge in [-0.05, 0) is 36.9 Å². The van der Waals surface area contributed by atoms with E-state index in [9.17, 15) is 4.79 Å². The van der Waals surface area contributed by atoms with Crippen LogP contribution >= 0.6 is 0 Å². The van der Waals surface area contributed by atoms with Crippen molar-refractivity contribution < 1.29 is 18.7 Å². The second kappa shape index (κ2) is 6.75. The number of rotatable bonds is 6. The molecule has 122 valence electrons. The summed E-state index contributed by atoms with van der Waals surface area (Å²) >= 11 is 0. The predicted molar refractivity (Wildman–Crippen MR) is 84.1 cm³/mol. The largest absolute Gasteiger partial charge is 0.467 e. The molecule has 1 aromatic carbocycles. The minimum Gasteiger partial charge on any atom is -0.467 e. The van der Waals surface area contributed by atoms with Gasteiger partial charge < -0.3 is 18.8 Å². The number of ether oxygens (including phenoxy) is 2. The Hall–Kier alpha value is -2.47. The Labute approximate surface area is 135 Å². The van der Waals surface area contributed by atoms with Crippen LogP contribution in [0.1, 0.15) is 11.3 Å². The van der Waals surface area contributed by atoms with E-state index in [-0.39, 0.29) is 12.7 Å². The quantitative estimate of drug-likeness (QED) is 0.817. The van der Waals surface area contributed by atoms with E-state index in [1.165, 1.54) is 0 Å². The zero-order chi connectivity index (χ0) is 16.2. The summed E-state index contributed by atoms with van der Waals surface area (Å²) in [6.45, 7) is 1.75. The predicted octanol–water partition coefficient (Wildman–Crippen LogP) is 2.10. The third kappa shape index (κ3) is 3.84. The van der Waals surface area contributed by atoms with Crippen LogP contribution in [0.3, 0.4) is 0 Å². The van der Waals surface area contributed by atoms with E-state index in [4.69, 9.17) is 13.9 Å². The van der Waals surface area contributed by atoms with E-state index >= 15 is 0 Å². The molecule has 2 aromatic rings. The number of carbonyl (C=O) groups excluding carboxylic acids is 1. The summed E-state index contributed by atoms with van der Waals surface area (Å²) in [4.78, 5) is 15.9. The zero-order valence-electron chi connectivity index (χ0n) is 13.3. The van der Waals surface area contributed by atoms with Gasteiger partial charge in [0.25, 0.3) is 0 Å². The first kappa shape index (κ1) is 15.4. The highest BCUT2D eigenvalue weighted by Crippen LogP contribution is 2.32. The Morgan fingerprint density at radius 1 is 1.13 bits per heavy atom. The van der Waals surface area contributed by atoms with Crippen LogP contribution < -0.4 is 9.47 Å². The molecule has 0 saturated heterocycles. The lowest BCUT2D eigenvalue weighted by atomic mass is 10.2. The standard InChI is InChI=1S/C17H20N2O4/c1-18(9-13-5-6-15-16(8-13)23-12-22-15)11-17(20)19(2)10-14-4-3-7-21-14/h3-8H,9-12H2,1-2H3. The fourth-order valence-corrected chi connectivity index (χ4v) is 2.48. The molecule has 1 aromatic heterocycles. The van der Waals surface area contributed by atoms with Crippen molar-refractivity contribution in [1.29, 1.82) is 0 Å². The van der Waals surface area contributed by atoms with Crippen molar-refractivity contribution in [2.24, 2.45) is 0 Å². The smallest absolute Gasteiger partial charge is 0.236 e. The first-order valence-corrected chi connectivity index (χ1v) is 7.45. The molecule has 0 atom stereocenters. The molecule has 0 bridgehead atoms. The molecule has 0 radical (unpaired) electrons. The summed E-state index contributed by atoms with van der Waals surface area (Å²) in [5, 5.41) is 0. The van der Waals surface area contributed by atoms with E-state index < -0.39 is 0 Å². The normalized spacial score (nSPS) is 12.7. The molecule has 2 heterocycles. The van der Waals surface area contributed by atoms with Gasteiger partial charge in [0.15, 0.2) is 11.5 Å². The first-order chi connectivity index (χ1) is 11.1. The number of benzene rings is 1. The topological polar surface area (TPSA) is 55.2 Å². The lowest BCUT2D eigenvalue weighted by molar-refractivity contribution is -0.131. The van der Waals surface area contributed by atoms with Gasteiger partial charge in [0.1, 0.15) is 5.76 Å². The van der Waals surface area contributed by atoms with Gasteiger partial charge in [0, 0.05) is 13.6 Å². The van der Waals surface area contributed by atoms with Gasteiger partial charge in [0.05, 0.1) is 19.4 Å². The van der Waals surface area contributed by atoms with Crippen LogP contribution in [0.15, 0.2) is 41.0 Å². The number of nitrogens with zero attached hydrogens (tertiary/aromatic N) is 2. The molecule has 0 unspecified atom stereocenters. The average molecular weight is 316 g/mol. The molecule has 0 fully saturated rings. The second-order valence-corrected chi connectivity index (χ2v) is 5.69. The molecular formula is C17H20N2O4. The molecule has 23 heavy (non-hydrogen) atoms. The van der Waals surface area contributed by atoms with E-state index in [2.05, 4.69) is 0 Å². The number of amides is 1. The summed E-state index contributed by atoms with van der Waals surface area (Å²) < 4.78 is 15.9. The Morgan fingerprint density at radius 3 is 2.74 bits per heavy atom. The van der Waals surface area contributed by atoms with Crippen molar-refractivity contribution in [3.63, 3.8) is 0 Å². The minimum atomic E-state index is 0.0460. The zero-order valence-corrected chi connectivity index (χ0v) is 13.3. The summed E-state index contributed by atoms with van der Waals surface area (Å²) in [5.41, 5.74) is 1.08. The highest BCUT2D eigenvalue weighted by Gasteiger charge is 2.16. The molecule has 0 saturated carbocycles. The maximum Gasteiger partial charge on any atom is 0.236 e. The number of furan rings is 1. The van der Waals surface area contributed by atoms with Crippen molar-refractivity contribution in [2.45, 2.75) is 13.1 Å². The number of hydrogen-bond acceptors (Lipinski definition) is 5. The van der Waals surface area contributed by atoms with E-state index in [0.717, 1.165) is 22.8 Å². The summed E-state index contributed by atoms with van der Waals surface area (Å²) in [6, 6.07) is 9.52. The van der Waals surface area contributed by atoms with Crippen molar-refractivity contribution in [2.75, 3.05) is 27.4 Å². The molecule has 6 heteroatoms. The monoisotopic (exact) mass is 316 g/mol. The van der Waals surface area contributed by atoms with E-state index in [1.54, 1.807) is 18.2 Å². The Balaban J connectivity index is 1.52. The molecule has 0 aliphatic carbocycles. The average Bonchev–Trinajstić information content (AvgIpc) is 3.17. The molecule has 6 nitrogen and oxygen atoms in total. The molecule has 3 rings (SSSR count). The molecule has 1 aliphatic heterocycles. The SMILES string of the molecule is CN(CC(=O)N(C)Cc1ccco1)Cc1ccc2c(c1)OCO2. The first-order valence-electron chi connectivity index (χ1n) is 7.45. The van der Waals surface area contributed by atoms with Crippen molar-refractivity contribution in [3.05, 3.63) is 47.9 Å². The minimum absolute atomic E-state index is 0.0460. The third-order valence-electron chi connectivity index (χ3n) is 3.69. The molecule has 1 amide bonds. The van der Waals surface area contributed by atoms with Crippen LogP contribution in [0.5, 0.6) is 11.5 Å². The van der Waals surface area contributed by atoms with E-state index in [1.807, 2.05) is 42.3 Å². The lowest BCUT2D eigenvalue weighted by Gasteiger charge is -2.21. The fourth-order valence-electron chi connectivity index (χ4n) is 2.48. The highest BCUT2D eigenvalue weighted by molar-refractivity contribution is 5.77. The van der Waals surface area contributed by atoms with E-state index in [0.29, 0.717) is 19.6 Å². The van der Waals surface area contributed by atoms with Gasteiger partial charge in [0.2, 0.25) is 12.7 Å². The molecule has 0 spiro atoms. The highest BCUT2D eigenvalue weighted by atomic mass is 16.7. The molecule has 1 aliphatic rings. The van der Waals surface area contributed by atoms with Crippen LogP contribution in [-0.2, 0) is 17.9 Å². The van der Waals surface area contributed by atoms with Gasteiger partial charge >= 0.3 is 0 Å². The van der Waals surface area contributed by atoms with Crippen molar-refractivity contribution >= 4 is 5.91 Å². The van der Waals surface area contributed by atoms with Crippen LogP contribution in [-0.4, -0.2) is 43.1 Å².